The first-order valence-corrected chi connectivity index (χ1v) is 22.2. The van der Waals surface area contributed by atoms with E-state index >= 15 is 0 Å². The summed E-state index contributed by atoms with van der Waals surface area (Å²) in [5.41, 5.74) is 4.47. The van der Waals surface area contributed by atoms with Crippen LogP contribution >= 0.6 is 0 Å². The van der Waals surface area contributed by atoms with Gasteiger partial charge in [0.05, 0.1) is 57.4 Å². The van der Waals surface area contributed by atoms with Crippen molar-refractivity contribution in [1.82, 2.24) is 9.13 Å². The molecule has 0 bridgehead atoms. The fourth-order valence-electron chi connectivity index (χ4n) is 8.15. The van der Waals surface area contributed by atoms with Crippen LogP contribution in [0.25, 0.3) is 43.6 Å². The number of aryl methyl sites for hydroxylation is 2. The number of carbonyl (C=O) groups is 3. The predicted molar refractivity (Wildman–Crippen MR) is 255 cm³/mol. The predicted octanol–water partition coefficient (Wildman–Crippen LogP) is 10.6. The zero-order chi connectivity index (χ0) is 45.8. The van der Waals surface area contributed by atoms with Gasteiger partial charge >= 0.3 is 11.9 Å². The van der Waals surface area contributed by atoms with Crippen molar-refractivity contribution in [2.45, 2.75) is 58.5 Å². The van der Waals surface area contributed by atoms with Gasteiger partial charge in [0.25, 0.3) is 0 Å². The fourth-order valence-corrected chi connectivity index (χ4v) is 8.15. The molecule has 2 N–H and O–H groups in total. The van der Waals surface area contributed by atoms with Gasteiger partial charge in [-0.1, -0.05) is 42.5 Å². The number of anilines is 1. The van der Waals surface area contributed by atoms with E-state index in [1.807, 2.05) is 91.0 Å². The number of nitrogens with zero attached hydrogens (tertiary/aromatic N) is 2. The van der Waals surface area contributed by atoms with Crippen LogP contribution in [0.1, 0.15) is 45.4 Å². The zero-order valence-electron chi connectivity index (χ0n) is 37.1. The number of nitrogens with one attached hydrogen (secondary N) is 1. The molecule has 340 valence electrons. The average Bonchev–Trinajstić information content (AvgIpc) is 3.80. The summed E-state index contributed by atoms with van der Waals surface area (Å²) in [7, 11) is 1.54. The van der Waals surface area contributed by atoms with Gasteiger partial charge in [-0.25, -0.2) is 0 Å². The van der Waals surface area contributed by atoms with Crippen molar-refractivity contribution in [1.29, 1.82) is 0 Å². The van der Waals surface area contributed by atoms with Gasteiger partial charge in [-0.15, -0.1) is 0 Å². The number of para-hydroxylation sites is 2. The maximum atomic E-state index is 13.2. The molecule has 0 radical (unpaired) electrons. The van der Waals surface area contributed by atoms with Gasteiger partial charge in [-0.2, -0.15) is 0 Å². The van der Waals surface area contributed by atoms with Gasteiger partial charge in [0, 0.05) is 94.7 Å². The van der Waals surface area contributed by atoms with Crippen molar-refractivity contribution in [2.24, 2.45) is 0 Å². The number of rotatable bonds is 22. The molecule has 0 saturated heterocycles. The number of hydrogen-bond acceptors (Lipinski definition) is 10. The lowest BCUT2D eigenvalue weighted by molar-refractivity contribution is -0.159. The molecule has 8 aromatic rings. The van der Waals surface area contributed by atoms with Crippen LogP contribution in [0.4, 0.5) is 5.69 Å². The van der Waals surface area contributed by atoms with E-state index in [0.717, 1.165) is 69.3 Å². The van der Waals surface area contributed by atoms with Crippen molar-refractivity contribution >= 4 is 67.1 Å². The molecule has 0 saturated carbocycles. The number of phenols is 1. The molecule has 6 aromatic carbocycles. The molecular weight excluding hydrogens is 839 g/mol. The third-order valence-corrected chi connectivity index (χ3v) is 11.2. The Morgan fingerprint density at radius 1 is 0.500 bits per heavy atom. The number of aromatic hydroxyl groups is 1. The van der Waals surface area contributed by atoms with Crippen LogP contribution in [-0.4, -0.2) is 65.6 Å². The van der Waals surface area contributed by atoms with Gasteiger partial charge in [0.1, 0.15) is 34.5 Å². The summed E-state index contributed by atoms with van der Waals surface area (Å²) in [5, 5.41) is 16.8. The molecule has 8 rings (SSSR count). The Bertz CT molecular complexity index is 2990. The van der Waals surface area contributed by atoms with Crippen LogP contribution in [0.2, 0.25) is 0 Å². The minimum Gasteiger partial charge on any atom is -0.508 e. The summed E-state index contributed by atoms with van der Waals surface area (Å²) in [6.07, 6.45) is 3.06. The highest BCUT2D eigenvalue weighted by atomic mass is 16.6. The van der Waals surface area contributed by atoms with Crippen LogP contribution in [0.15, 0.2) is 127 Å². The number of phenolic OH excluding ortho intramolecular Hbond substituents is 1. The molecular formula is C53H53N3O10. The quantitative estimate of drug-likeness (QED) is 0.0383. The molecule has 0 spiro atoms. The molecule has 2 aromatic heterocycles. The third kappa shape index (κ3) is 11.2. The normalized spacial score (nSPS) is 11.2. The van der Waals surface area contributed by atoms with Gasteiger partial charge in [0.2, 0.25) is 5.91 Å². The lowest BCUT2D eigenvalue weighted by Gasteiger charge is -2.11. The van der Waals surface area contributed by atoms with Gasteiger partial charge < -0.3 is 48.0 Å². The van der Waals surface area contributed by atoms with E-state index in [1.165, 1.54) is 20.1 Å². The van der Waals surface area contributed by atoms with Crippen LogP contribution < -0.4 is 29.0 Å². The Balaban J connectivity index is 0.833. The Kier molecular flexibility index (Phi) is 14.5. The summed E-state index contributed by atoms with van der Waals surface area (Å²) in [6.45, 7) is 4.04. The van der Waals surface area contributed by atoms with Crippen molar-refractivity contribution in [2.75, 3.05) is 38.9 Å². The second-order valence-electron chi connectivity index (χ2n) is 15.9. The van der Waals surface area contributed by atoms with E-state index in [9.17, 15) is 19.5 Å². The number of amides is 1. The highest BCUT2D eigenvalue weighted by Gasteiger charge is 2.18. The number of fused-ring (bicyclic) bond motifs is 6. The second kappa shape index (κ2) is 21.3. The largest absolute Gasteiger partial charge is 0.508 e. The molecule has 0 aliphatic rings. The summed E-state index contributed by atoms with van der Waals surface area (Å²) in [4.78, 5) is 37.8. The highest BCUT2D eigenvalue weighted by Crippen LogP contribution is 2.34. The molecule has 66 heavy (non-hydrogen) atoms. The maximum Gasteiger partial charge on any atom is 0.315 e. The van der Waals surface area contributed by atoms with E-state index in [2.05, 4.69) is 26.6 Å². The number of carbonyl (C=O) groups excluding carboxylic acids is 3. The molecule has 13 nitrogen and oxygen atoms in total. The monoisotopic (exact) mass is 891 g/mol. The third-order valence-electron chi connectivity index (χ3n) is 11.2. The van der Waals surface area contributed by atoms with E-state index in [4.69, 9.17) is 28.4 Å². The zero-order valence-corrected chi connectivity index (χ0v) is 37.1. The van der Waals surface area contributed by atoms with Crippen LogP contribution in [0.3, 0.4) is 0 Å². The maximum absolute atomic E-state index is 13.2. The Hall–Kier alpha value is -7.67. The molecule has 0 fully saturated rings. The second-order valence-corrected chi connectivity index (χ2v) is 15.9. The van der Waals surface area contributed by atoms with Gasteiger partial charge in [-0.3, -0.25) is 14.4 Å². The summed E-state index contributed by atoms with van der Waals surface area (Å²) in [6, 6.07) is 40.1. The SMILES string of the molecule is COc1cc(O)cc(OCCCCOc2ccc3c4ccccc4n(CCC(=O)OC(=O)CCn4c5ccccc5c5ccc(OCCCCOc6cccc(NC(C)=O)c6)cc54)c3c2)c1. The van der Waals surface area contributed by atoms with Crippen LogP contribution in [-0.2, 0) is 32.2 Å². The Morgan fingerprint density at radius 3 is 1.48 bits per heavy atom. The van der Waals surface area contributed by atoms with Crippen molar-refractivity contribution in [3.05, 3.63) is 127 Å². The Morgan fingerprint density at radius 2 is 0.970 bits per heavy atom. The number of hydrogen-bond donors (Lipinski definition) is 2. The summed E-state index contributed by atoms with van der Waals surface area (Å²) >= 11 is 0. The molecule has 0 aliphatic carbocycles. The van der Waals surface area contributed by atoms with E-state index in [0.29, 0.717) is 74.0 Å². The standard InChI is InChI=1S/C53H53N3O10/c1-36(57)54-37-12-11-13-39(30-37)62-26-7-8-27-63-40-18-20-46-44-14-3-5-16-48(44)55(50(46)34-40)24-22-52(59)66-53(60)23-25-56-49-17-6-4-15-45(49)47-21-19-41(35-51(47)56)64-28-9-10-29-65-43-32-38(58)31-42(33-43)61-2/h3-6,11-21,30-35,58H,7-10,22-29H2,1-2H3,(H,54,57). The first-order chi connectivity index (χ1) is 32.2. The molecule has 1 amide bonds. The van der Waals surface area contributed by atoms with Gasteiger partial charge in [-0.05, 0) is 74.2 Å². The van der Waals surface area contributed by atoms with E-state index in [-0.39, 0.29) is 24.5 Å². The molecule has 2 heterocycles. The van der Waals surface area contributed by atoms with Crippen LogP contribution in [0.5, 0.6) is 34.5 Å². The number of ether oxygens (including phenoxy) is 6. The first kappa shape index (κ1) is 44.9. The van der Waals surface area contributed by atoms with Crippen molar-refractivity contribution in [3.8, 4) is 34.5 Å². The molecule has 0 unspecified atom stereocenters. The van der Waals surface area contributed by atoms with Crippen molar-refractivity contribution < 1.29 is 47.9 Å². The number of methoxy groups -OCH3 is 1. The Labute approximate surface area is 382 Å². The van der Waals surface area contributed by atoms with Crippen LogP contribution in [0, 0.1) is 0 Å². The molecule has 0 atom stereocenters. The van der Waals surface area contributed by atoms with E-state index in [1.54, 1.807) is 18.2 Å². The number of aromatic nitrogens is 2. The smallest absolute Gasteiger partial charge is 0.315 e. The molecule has 0 aliphatic heterocycles. The topological polar surface area (TPSA) is 149 Å². The number of benzene rings is 6. The summed E-state index contributed by atoms with van der Waals surface area (Å²) < 4.78 is 38.7. The summed E-state index contributed by atoms with van der Waals surface area (Å²) in [5.74, 6) is 1.94. The minimum absolute atomic E-state index is 0.00363. The van der Waals surface area contributed by atoms with Gasteiger partial charge in [0.15, 0.2) is 0 Å². The number of unbranched alkanes of at least 4 members (excludes halogenated alkanes) is 2. The van der Waals surface area contributed by atoms with Crippen molar-refractivity contribution in [3.63, 3.8) is 0 Å². The number of esters is 2. The fraction of sp³-hybridized carbons (Fsp3) is 0.264. The first-order valence-electron chi connectivity index (χ1n) is 22.2. The molecule has 13 heteroatoms. The average molecular weight is 892 g/mol. The minimum atomic E-state index is -0.591. The lowest BCUT2D eigenvalue weighted by Crippen LogP contribution is -2.16. The lowest BCUT2D eigenvalue weighted by atomic mass is 10.1. The highest BCUT2D eigenvalue weighted by molar-refractivity contribution is 6.09. The van der Waals surface area contributed by atoms with E-state index < -0.39 is 11.9 Å².